The van der Waals surface area contributed by atoms with Crippen LogP contribution in [0.15, 0.2) is 48.7 Å². The van der Waals surface area contributed by atoms with Crippen LogP contribution >= 0.6 is 0 Å². The molecule has 3 N–H and O–H groups in total. The Morgan fingerprint density at radius 3 is 2.56 bits per heavy atom. The highest BCUT2D eigenvalue weighted by Crippen LogP contribution is 2.25. The fourth-order valence-electron chi connectivity index (χ4n) is 2.68. The molecule has 7 heteroatoms. The molecule has 0 spiro atoms. The summed E-state index contributed by atoms with van der Waals surface area (Å²) in [6.45, 7) is 2.34. The standard InChI is InChI=1S/C20H21FN4O2/c1-13-19(12-25(2)24-13)23-20(26)17-11-16(7-8-18(17)21)27-15-5-3-14(4-6-15)9-10-22/h3-8,11-12H,9-10,22H2,1-2H3,(H,23,26). The highest BCUT2D eigenvalue weighted by molar-refractivity contribution is 6.04. The third kappa shape index (κ3) is 4.51. The lowest BCUT2D eigenvalue weighted by Crippen LogP contribution is -2.14. The molecule has 0 aliphatic carbocycles. The first-order valence-corrected chi connectivity index (χ1v) is 8.54. The number of carbonyl (C=O) groups is 1. The van der Waals surface area contributed by atoms with Crippen molar-refractivity contribution in [3.05, 3.63) is 71.3 Å². The maximum atomic E-state index is 14.2. The van der Waals surface area contributed by atoms with Gasteiger partial charge in [0.1, 0.15) is 17.3 Å². The van der Waals surface area contributed by atoms with Crippen LogP contribution in [0.2, 0.25) is 0 Å². The van der Waals surface area contributed by atoms with Gasteiger partial charge in [0.05, 0.1) is 16.9 Å². The van der Waals surface area contributed by atoms with Gasteiger partial charge in [-0.15, -0.1) is 0 Å². The number of halogens is 1. The molecule has 0 fully saturated rings. The smallest absolute Gasteiger partial charge is 0.258 e. The van der Waals surface area contributed by atoms with Crippen molar-refractivity contribution in [2.75, 3.05) is 11.9 Å². The maximum Gasteiger partial charge on any atom is 0.258 e. The number of benzene rings is 2. The lowest BCUT2D eigenvalue weighted by atomic mass is 10.1. The van der Waals surface area contributed by atoms with Gasteiger partial charge in [-0.1, -0.05) is 12.1 Å². The average Bonchev–Trinajstić information content (AvgIpc) is 2.95. The topological polar surface area (TPSA) is 82.2 Å². The molecule has 6 nitrogen and oxygen atoms in total. The number of nitrogens with one attached hydrogen (secondary N) is 1. The zero-order valence-corrected chi connectivity index (χ0v) is 15.2. The van der Waals surface area contributed by atoms with Gasteiger partial charge in [-0.3, -0.25) is 9.48 Å². The number of hydrogen-bond donors (Lipinski definition) is 2. The number of anilines is 1. The van der Waals surface area contributed by atoms with Crippen LogP contribution in [-0.2, 0) is 13.5 Å². The van der Waals surface area contributed by atoms with Crippen molar-refractivity contribution in [1.82, 2.24) is 9.78 Å². The molecule has 0 unspecified atom stereocenters. The van der Waals surface area contributed by atoms with E-state index in [2.05, 4.69) is 10.4 Å². The third-order valence-electron chi connectivity index (χ3n) is 4.04. The second-order valence-corrected chi connectivity index (χ2v) is 6.18. The number of aryl methyl sites for hydroxylation is 2. The van der Waals surface area contributed by atoms with E-state index >= 15 is 0 Å². The van der Waals surface area contributed by atoms with E-state index in [4.69, 9.17) is 10.5 Å². The molecule has 3 aromatic rings. The molecule has 0 aliphatic heterocycles. The van der Waals surface area contributed by atoms with Crippen molar-refractivity contribution < 1.29 is 13.9 Å². The summed E-state index contributed by atoms with van der Waals surface area (Å²) in [7, 11) is 1.75. The molecule has 0 aliphatic rings. The Kier molecular flexibility index (Phi) is 5.52. The summed E-state index contributed by atoms with van der Waals surface area (Å²) in [6.07, 6.45) is 2.45. The van der Waals surface area contributed by atoms with E-state index in [9.17, 15) is 9.18 Å². The zero-order valence-electron chi connectivity index (χ0n) is 15.2. The number of amides is 1. The first-order valence-electron chi connectivity index (χ1n) is 8.54. The predicted molar refractivity (Wildman–Crippen MR) is 102 cm³/mol. The Hall–Kier alpha value is -3.19. The average molecular weight is 368 g/mol. The van der Waals surface area contributed by atoms with E-state index in [1.807, 2.05) is 24.3 Å². The number of ether oxygens (including phenoxy) is 1. The summed E-state index contributed by atoms with van der Waals surface area (Å²) in [6, 6.07) is 11.5. The largest absolute Gasteiger partial charge is 0.457 e. The van der Waals surface area contributed by atoms with E-state index in [1.54, 1.807) is 24.9 Å². The van der Waals surface area contributed by atoms with E-state index in [0.29, 0.717) is 29.4 Å². The molecule has 1 heterocycles. The fourth-order valence-corrected chi connectivity index (χ4v) is 2.68. The SMILES string of the molecule is Cc1nn(C)cc1NC(=O)c1cc(Oc2ccc(CCN)cc2)ccc1F. The number of nitrogens with two attached hydrogens (primary N) is 1. The first-order chi connectivity index (χ1) is 13.0. The van der Waals surface area contributed by atoms with E-state index in [1.165, 1.54) is 18.2 Å². The normalized spacial score (nSPS) is 10.7. The molecular formula is C20H21FN4O2. The van der Waals surface area contributed by atoms with Crippen LogP contribution in [0.25, 0.3) is 0 Å². The van der Waals surface area contributed by atoms with Crippen LogP contribution in [0.4, 0.5) is 10.1 Å². The van der Waals surface area contributed by atoms with Gasteiger partial charge in [0, 0.05) is 13.2 Å². The Morgan fingerprint density at radius 1 is 1.22 bits per heavy atom. The molecule has 0 saturated carbocycles. The van der Waals surface area contributed by atoms with Crippen LogP contribution in [0.1, 0.15) is 21.6 Å². The summed E-state index contributed by atoms with van der Waals surface area (Å²) in [5.74, 6) is -0.222. The highest BCUT2D eigenvalue weighted by atomic mass is 19.1. The number of nitrogens with zero attached hydrogens (tertiary/aromatic N) is 2. The lowest BCUT2D eigenvalue weighted by molar-refractivity contribution is 0.102. The zero-order chi connectivity index (χ0) is 19.4. The second kappa shape index (κ2) is 8.01. The summed E-state index contributed by atoms with van der Waals surface area (Å²) in [4.78, 5) is 12.5. The van der Waals surface area contributed by atoms with Crippen LogP contribution in [-0.4, -0.2) is 22.2 Å². The fraction of sp³-hybridized carbons (Fsp3) is 0.200. The van der Waals surface area contributed by atoms with Crippen molar-refractivity contribution >= 4 is 11.6 Å². The van der Waals surface area contributed by atoms with Crippen LogP contribution in [0.5, 0.6) is 11.5 Å². The van der Waals surface area contributed by atoms with E-state index < -0.39 is 11.7 Å². The molecule has 0 radical (unpaired) electrons. The Labute approximate surface area is 156 Å². The summed E-state index contributed by atoms with van der Waals surface area (Å²) in [5.41, 5.74) is 7.72. The van der Waals surface area contributed by atoms with Gasteiger partial charge in [-0.2, -0.15) is 5.10 Å². The molecule has 27 heavy (non-hydrogen) atoms. The van der Waals surface area contributed by atoms with Gasteiger partial charge in [0.2, 0.25) is 0 Å². The first kappa shape index (κ1) is 18.6. The van der Waals surface area contributed by atoms with Crippen molar-refractivity contribution in [1.29, 1.82) is 0 Å². The second-order valence-electron chi connectivity index (χ2n) is 6.18. The monoisotopic (exact) mass is 368 g/mol. The molecule has 140 valence electrons. The Bertz CT molecular complexity index is 951. The van der Waals surface area contributed by atoms with Crippen LogP contribution in [0.3, 0.4) is 0 Å². The predicted octanol–water partition coefficient (Wildman–Crippen LogP) is 3.41. The van der Waals surface area contributed by atoms with Crippen molar-refractivity contribution in [3.8, 4) is 11.5 Å². The molecule has 0 atom stereocenters. The van der Waals surface area contributed by atoms with Crippen LogP contribution in [0, 0.1) is 12.7 Å². The third-order valence-corrected chi connectivity index (χ3v) is 4.04. The summed E-state index contributed by atoms with van der Waals surface area (Å²) >= 11 is 0. The molecule has 1 aromatic heterocycles. The van der Waals surface area contributed by atoms with Crippen molar-refractivity contribution in [3.63, 3.8) is 0 Å². The van der Waals surface area contributed by atoms with Gasteiger partial charge in [0.25, 0.3) is 5.91 Å². The molecule has 3 rings (SSSR count). The van der Waals surface area contributed by atoms with Gasteiger partial charge >= 0.3 is 0 Å². The lowest BCUT2D eigenvalue weighted by Gasteiger charge is -2.10. The van der Waals surface area contributed by atoms with Gasteiger partial charge < -0.3 is 15.8 Å². The van der Waals surface area contributed by atoms with Crippen molar-refractivity contribution in [2.45, 2.75) is 13.3 Å². The Balaban J connectivity index is 1.77. The van der Waals surface area contributed by atoms with Gasteiger partial charge in [-0.05, 0) is 55.8 Å². The highest BCUT2D eigenvalue weighted by Gasteiger charge is 2.16. The maximum absolute atomic E-state index is 14.2. The molecule has 0 saturated heterocycles. The summed E-state index contributed by atoms with van der Waals surface area (Å²) < 4.78 is 21.5. The van der Waals surface area contributed by atoms with E-state index in [-0.39, 0.29) is 5.56 Å². The molecular weight excluding hydrogens is 347 g/mol. The van der Waals surface area contributed by atoms with Crippen LogP contribution < -0.4 is 15.8 Å². The minimum atomic E-state index is -0.625. The number of carbonyl (C=O) groups excluding carboxylic acids is 1. The van der Waals surface area contributed by atoms with E-state index in [0.717, 1.165) is 12.0 Å². The minimum Gasteiger partial charge on any atom is -0.457 e. The molecule has 0 bridgehead atoms. The molecule has 1 amide bonds. The summed E-state index contributed by atoms with van der Waals surface area (Å²) in [5, 5.41) is 6.82. The van der Waals surface area contributed by atoms with Crippen molar-refractivity contribution in [2.24, 2.45) is 12.8 Å². The number of aromatic nitrogens is 2. The molecule has 2 aromatic carbocycles. The van der Waals surface area contributed by atoms with Gasteiger partial charge in [-0.25, -0.2) is 4.39 Å². The van der Waals surface area contributed by atoms with Gasteiger partial charge in [0.15, 0.2) is 0 Å². The quantitative estimate of drug-likeness (QED) is 0.698. The minimum absolute atomic E-state index is 0.101. The Morgan fingerprint density at radius 2 is 1.93 bits per heavy atom. The number of rotatable bonds is 6. The number of hydrogen-bond acceptors (Lipinski definition) is 4.